The molecule has 6 heteroatoms. The first-order valence-corrected chi connectivity index (χ1v) is 10.2. The number of ether oxygens (including phenoxy) is 1. The monoisotopic (exact) mass is 499 g/mol. The molecule has 0 unspecified atom stereocenters. The van der Waals surface area contributed by atoms with Crippen LogP contribution in [-0.4, -0.2) is 11.7 Å². The summed E-state index contributed by atoms with van der Waals surface area (Å²) in [7, 11) is 0. The second kappa shape index (κ2) is 7.89. The van der Waals surface area contributed by atoms with Crippen LogP contribution in [0.5, 0.6) is 5.75 Å². The Labute approximate surface area is 179 Å². The van der Waals surface area contributed by atoms with Gasteiger partial charge in [-0.3, -0.25) is 0 Å². The van der Waals surface area contributed by atoms with Gasteiger partial charge in [-0.1, -0.05) is 63.6 Å². The quantitative estimate of drug-likeness (QED) is 0.313. The van der Waals surface area contributed by atoms with Gasteiger partial charge >= 0.3 is 5.97 Å². The Morgan fingerprint density at radius 1 is 1.11 bits per heavy atom. The van der Waals surface area contributed by atoms with E-state index in [1.807, 2.05) is 30.3 Å². The number of rotatable bonds is 4. The van der Waals surface area contributed by atoms with Gasteiger partial charge in [0.05, 0.1) is 15.8 Å². The van der Waals surface area contributed by atoms with Gasteiger partial charge in [0, 0.05) is 10.0 Å². The average molecular weight is 501 g/mol. The van der Waals surface area contributed by atoms with Crippen LogP contribution < -0.4 is 4.74 Å². The van der Waals surface area contributed by atoms with E-state index in [-0.39, 0.29) is 0 Å². The van der Waals surface area contributed by atoms with E-state index in [0.29, 0.717) is 23.6 Å². The van der Waals surface area contributed by atoms with Crippen LogP contribution in [0.2, 0.25) is 0 Å². The van der Waals surface area contributed by atoms with E-state index in [0.717, 1.165) is 25.5 Å². The van der Waals surface area contributed by atoms with Crippen molar-refractivity contribution in [2.24, 2.45) is 5.16 Å². The van der Waals surface area contributed by atoms with Gasteiger partial charge in [0.15, 0.2) is 0 Å². The number of fused-ring (bicyclic) bond motifs is 1. The average Bonchev–Trinajstić information content (AvgIpc) is 2.99. The lowest BCUT2D eigenvalue weighted by molar-refractivity contribution is -0.136. The SMILES string of the molecule is CC1=NOC(=O)/C1=C\c1cc(Br)cc(Br)c1OCc1cccc2ccccc12. The summed E-state index contributed by atoms with van der Waals surface area (Å²) in [6.45, 7) is 2.13. The van der Waals surface area contributed by atoms with Crippen LogP contribution in [0.15, 0.2) is 74.3 Å². The third kappa shape index (κ3) is 3.75. The lowest BCUT2D eigenvalue weighted by Crippen LogP contribution is -2.03. The van der Waals surface area contributed by atoms with E-state index in [1.165, 1.54) is 5.39 Å². The first kappa shape index (κ1) is 18.9. The Balaban J connectivity index is 1.71. The number of carbonyl (C=O) groups excluding carboxylic acids is 1. The molecule has 0 saturated carbocycles. The van der Waals surface area contributed by atoms with Gasteiger partial charge in [0.2, 0.25) is 0 Å². The fourth-order valence-electron chi connectivity index (χ4n) is 3.08. The Morgan fingerprint density at radius 3 is 2.68 bits per heavy atom. The molecule has 3 aromatic rings. The third-order valence-corrected chi connectivity index (χ3v) is 5.51. The smallest absolute Gasteiger partial charge is 0.367 e. The van der Waals surface area contributed by atoms with Crippen LogP contribution in [0.3, 0.4) is 0 Å². The molecule has 1 aliphatic rings. The van der Waals surface area contributed by atoms with Crippen molar-refractivity contribution >= 4 is 60.4 Å². The largest absolute Gasteiger partial charge is 0.487 e. The van der Waals surface area contributed by atoms with E-state index in [1.54, 1.807) is 13.0 Å². The molecule has 0 N–H and O–H groups in total. The summed E-state index contributed by atoms with van der Waals surface area (Å²) in [6, 6.07) is 18.2. The van der Waals surface area contributed by atoms with Crippen LogP contribution in [0, 0.1) is 0 Å². The minimum Gasteiger partial charge on any atom is -0.487 e. The second-order valence-corrected chi connectivity index (χ2v) is 8.12. The van der Waals surface area contributed by atoms with Gasteiger partial charge < -0.3 is 9.57 Å². The zero-order valence-corrected chi connectivity index (χ0v) is 18.1. The summed E-state index contributed by atoms with van der Waals surface area (Å²) in [6.07, 6.45) is 1.74. The molecule has 0 atom stereocenters. The third-order valence-electron chi connectivity index (χ3n) is 4.46. The number of benzene rings is 3. The van der Waals surface area contributed by atoms with Crippen molar-refractivity contribution in [1.82, 2.24) is 0 Å². The maximum absolute atomic E-state index is 11.9. The van der Waals surface area contributed by atoms with Crippen molar-refractivity contribution in [1.29, 1.82) is 0 Å². The predicted molar refractivity (Wildman–Crippen MR) is 117 cm³/mol. The summed E-state index contributed by atoms with van der Waals surface area (Å²) < 4.78 is 7.85. The molecule has 1 heterocycles. The molecule has 28 heavy (non-hydrogen) atoms. The Hall–Kier alpha value is -2.44. The molecule has 0 bridgehead atoms. The van der Waals surface area contributed by atoms with E-state index in [9.17, 15) is 4.79 Å². The summed E-state index contributed by atoms with van der Waals surface area (Å²) in [4.78, 5) is 16.7. The van der Waals surface area contributed by atoms with Crippen molar-refractivity contribution in [2.75, 3.05) is 0 Å². The standard InChI is InChI=1S/C22H15Br2NO3/c1-13-19(22(26)28-25-13)10-16-9-17(23)11-20(24)21(16)27-12-15-7-4-6-14-5-2-3-8-18(14)15/h2-11H,12H2,1H3/b19-10-. The van der Waals surface area contributed by atoms with Crippen LogP contribution in [0.4, 0.5) is 0 Å². The van der Waals surface area contributed by atoms with Crippen molar-refractivity contribution in [3.63, 3.8) is 0 Å². The van der Waals surface area contributed by atoms with Gasteiger partial charge in [-0.25, -0.2) is 4.79 Å². The number of hydrogen-bond donors (Lipinski definition) is 0. The molecular weight excluding hydrogens is 486 g/mol. The number of carbonyl (C=O) groups is 1. The van der Waals surface area contributed by atoms with Gasteiger partial charge in [-0.05, 0) is 57.4 Å². The van der Waals surface area contributed by atoms with E-state index in [2.05, 4.69) is 61.3 Å². The van der Waals surface area contributed by atoms with Crippen molar-refractivity contribution in [2.45, 2.75) is 13.5 Å². The highest BCUT2D eigenvalue weighted by atomic mass is 79.9. The molecule has 0 aliphatic carbocycles. The molecule has 0 saturated heterocycles. The number of hydrogen-bond acceptors (Lipinski definition) is 4. The van der Waals surface area contributed by atoms with Gasteiger partial charge in [0.25, 0.3) is 0 Å². The fraction of sp³-hybridized carbons (Fsp3) is 0.0909. The van der Waals surface area contributed by atoms with Crippen LogP contribution in [-0.2, 0) is 16.2 Å². The zero-order chi connectivity index (χ0) is 19.7. The molecule has 1 aliphatic heterocycles. The predicted octanol–water partition coefficient (Wildman–Crippen LogP) is 6.26. The van der Waals surface area contributed by atoms with Gasteiger partial charge in [0.1, 0.15) is 12.4 Å². The lowest BCUT2D eigenvalue weighted by Gasteiger charge is -2.14. The van der Waals surface area contributed by atoms with Crippen molar-refractivity contribution in [3.8, 4) is 5.75 Å². The van der Waals surface area contributed by atoms with Crippen molar-refractivity contribution < 1.29 is 14.4 Å². The lowest BCUT2D eigenvalue weighted by atomic mass is 10.1. The Bertz CT molecular complexity index is 1150. The van der Waals surface area contributed by atoms with Gasteiger partial charge in [-0.15, -0.1) is 0 Å². The molecule has 4 rings (SSSR count). The summed E-state index contributed by atoms with van der Waals surface area (Å²) in [5.74, 6) is 0.185. The molecule has 4 nitrogen and oxygen atoms in total. The van der Waals surface area contributed by atoms with E-state index < -0.39 is 5.97 Å². The number of oxime groups is 1. The number of halogens is 2. The molecule has 0 aromatic heterocycles. The van der Waals surface area contributed by atoms with E-state index in [4.69, 9.17) is 9.57 Å². The minimum absolute atomic E-state index is 0.398. The Kier molecular flexibility index (Phi) is 5.33. The minimum atomic E-state index is -0.464. The summed E-state index contributed by atoms with van der Waals surface area (Å²) >= 11 is 7.06. The highest BCUT2D eigenvalue weighted by molar-refractivity contribution is 9.11. The van der Waals surface area contributed by atoms with Crippen molar-refractivity contribution in [3.05, 3.63) is 80.2 Å². The van der Waals surface area contributed by atoms with Gasteiger partial charge in [-0.2, -0.15) is 0 Å². The highest BCUT2D eigenvalue weighted by Crippen LogP contribution is 2.36. The molecule has 0 fully saturated rings. The second-order valence-electron chi connectivity index (χ2n) is 6.35. The molecular formula is C22H15Br2NO3. The fourth-order valence-corrected chi connectivity index (χ4v) is 4.46. The first-order chi connectivity index (χ1) is 13.5. The maximum Gasteiger partial charge on any atom is 0.367 e. The highest BCUT2D eigenvalue weighted by Gasteiger charge is 2.23. The first-order valence-electron chi connectivity index (χ1n) is 8.59. The zero-order valence-electron chi connectivity index (χ0n) is 14.9. The summed E-state index contributed by atoms with van der Waals surface area (Å²) in [5.41, 5.74) is 2.80. The number of nitrogens with zero attached hydrogens (tertiary/aromatic N) is 1. The van der Waals surface area contributed by atoms with Crippen LogP contribution in [0.25, 0.3) is 16.8 Å². The van der Waals surface area contributed by atoms with E-state index >= 15 is 0 Å². The molecule has 140 valence electrons. The Morgan fingerprint density at radius 2 is 1.89 bits per heavy atom. The molecule has 0 spiro atoms. The molecule has 0 radical (unpaired) electrons. The van der Waals surface area contributed by atoms with Crippen LogP contribution in [0.1, 0.15) is 18.1 Å². The maximum atomic E-state index is 11.9. The topological polar surface area (TPSA) is 47.9 Å². The molecule has 0 amide bonds. The molecule has 3 aromatic carbocycles. The summed E-state index contributed by atoms with van der Waals surface area (Å²) in [5, 5.41) is 6.05. The normalized spacial score (nSPS) is 15.0. The van der Waals surface area contributed by atoms with Crippen LogP contribution >= 0.6 is 31.9 Å².